The fraction of sp³-hybridized carbons (Fsp3) is 0.600. The quantitative estimate of drug-likeness (QED) is 0.341. The predicted octanol–water partition coefficient (Wildman–Crippen LogP) is 3.45. The minimum absolute atomic E-state index is 0. The third-order valence-electron chi connectivity index (χ3n) is 4.50. The molecule has 0 bridgehead atoms. The molecule has 1 N–H and O–H groups in total. The van der Waals surface area contributed by atoms with Crippen molar-refractivity contribution in [2.24, 2.45) is 12.0 Å². The molecular formula is C20H35IN6O. The number of aryl methyl sites for hydroxylation is 1. The maximum Gasteiger partial charge on any atom is 0.194 e. The van der Waals surface area contributed by atoms with Gasteiger partial charge in [-0.2, -0.15) is 5.10 Å². The average Bonchev–Trinajstić information content (AvgIpc) is 3.23. The topological polar surface area (TPSA) is 61.8 Å². The highest BCUT2D eigenvalue weighted by atomic mass is 127. The van der Waals surface area contributed by atoms with E-state index < -0.39 is 0 Å². The number of likely N-dealkylation sites (N-methyl/N-ethyl adjacent to an activating group) is 1. The Hall–Kier alpha value is -1.55. The van der Waals surface area contributed by atoms with Crippen LogP contribution >= 0.6 is 24.0 Å². The van der Waals surface area contributed by atoms with Crippen LogP contribution < -0.4 is 5.32 Å². The zero-order valence-corrected chi connectivity index (χ0v) is 20.5. The van der Waals surface area contributed by atoms with Crippen LogP contribution in [0.4, 0.5) is 0 Å². The van der Waals surface area contributed by atoms with Gasteiger partial charge in [0.2, 0.25) is 0 Å². The Balaban J connectivity index is 0.00000392. The van der Waals surface area contributed by atoms with Gasteiger partial charge in [-0.15, -0.1) is 24.0 Å². The van der Waals surface area contributed by atoms with Crippen LogP contribution in [0.5, 0.6) is 0 Å². The van der Waals surface area contributed by atoms with Gasteiger partial charge >= 0.3 is 0 Å². The molecule has 28 heavy (non-hydrogen) atoms. The maximum atomic E-state index is 5.59. The van der Waals surface area contributed by atoms with E-state index in [0.717, 1.165) is 30.5 Å². The number of hydrogen-bond acceptors (Lipinski definition) is 4. The summed E-state index contributed by atoms with van der Waals surface area (Å²) in [5.41, 5.74) is 2.37. The Labute approximate surface area is 186 Å². The second-order valence-corrected chi connectivity index (χ2v) is 7.41. The molecule has 0 fully saturated rings. The van der Waals surface area contributed by atoms with Crippen LogP contribution in [0.15, 0.2) is 34.0 Å². The lowest BCUT2D eigenvalue weighted by Gasteiger charge is -2.25. The van der Waals surface area contributed by atoms with E-state index in [0.29, 0.717) is 12.5 Å². The Bertz CT molecular complexity index is 723. The van der Waals surface area contributed by atoms with E-state index in [-0.39, 0.29) is 30.0 Å². The monoisotopic (exact) mass is 502 g/mol. The first kappa shape index (κ1) is 24.5. The van der Waals surface area contributed by atoms with Gasteiger partial charge in [0.15, 0.2) is 5.96 Å². The molecule has 0 aliphatic heterocycles. The molecule has 2 heterocycles. The van der Waals surface area contributed by atoms with Crippen molar-refractivity contribution in [2.45, 2.75) is 39.3 Å². The Morgan fingerprint density at radius 1 is 1.32 bits per heavy atom. The van der Waals surface area contributed by atoms with Crippen molar-refractivity contribution in [2.75, 3.05) is 34.2 Å². The van der Waals surface area contributed by atoms with Crippen LogP contribution in [0.25, 0.3) is 0 Å². The summed E-state index contributed by atoms with van der Waals surface area (Å²) >= 11 is 0. The minimum atomic E-state index is 0. The lowest BCUT2D eigenvalue weighted by molar-refractivity contribution is 0.264. The van der Waals surface area contributed by atoms with E-state index in [1.165, 1.54) is 5.56 Å². The molecule has 0 aromatic carbocycles. The molecule has 0 saturated carbocycles. The highest BCUT2D eigenvalue weighted by Gasteiger charge is 2.18. The number of rotatable bonds is 8. The summed E-state index contributed by atoms with van der Waals surface area (Å²) in [6.07, 6.45) is 3.81. The third-order valence-corrected chi connectivity index (χ3v) is 4.50. The number of nitrogens with one attached hydrogen (secondary N) is 1. The Kier molecular flexibility index (Phi) is 10.0. The van der Waals surface area contributed by atoms with Gasteiger partial charge in [0.25, 0.3) is 0 Å². The minimum Gasteiger partial charge on any atom is -0.468 e. The first-order chi connectivity index (χ1) is 12.8. The summed E-state index contributed by atoms with van der Waals surface area (Å²) in [5, 5.41) is 8.01. The molecule has 1 atom stereocenters. The first-order valence-electron chi connectivity index (χ1n) is 9.55. The van der Waals surface area contributed by atoms with Gasteiger partial charge in [0.05, 0.1) is 24.5 Å². The molecule has 2 rings (SSSR count). The molecular weight excluding hydrogens is 467 g/mol. The molecule has 2 aromatic heterocycles. The number of halogens is 1. The highest BCUT2D eigenvalue weighted by Crippen LogP contribution is 2.20. The van der Waals surface area contributed by atoms with Crippen molar-refractivity contribution in [3.63, 3.8) is 0 Å². The lowest BCUT2D eigenvalue weighted by Crippen LogP contribution is -2.39. The molecule has 0 radical (unpaired) electrons. The summed E-state index contributed by atoms with van der Waals surface area (Å²) in [7, 11) is 8.13. The number of furan rings is 1. The summed E-state index contributed by atoms with van der Waals surface area (Å²) in [4.78, 5) is 9.15. The summed E-state index contributed by atoms with van der Waals surface area (Å²) in [5.74, 6) is 2.21. The van der Waals surface area contributed by atoms with E-state index >= 15 is 0 Å². The fourth-order valence-corrected chi connectivity index (χ4v) is 3.12. The van der Waals surface area contributed by atoms with Crippen molar-refractivity contribution >= 4 is 29.9 Å². The average molecular weight is 502 g/mol. The van der Waals surface area contributed by atoms with Crippen LogP contribution in [0.2, 0.25) is 0 Å². The number of aliphatic imine (C=N–C) groups is 1. The van der Waals surface area contributed by atoms with Gasteiger partial charge in [-0.05, 0) is 39.1 Å². The SMILES string of the molecule is CCNC(=NCC(c1ccco1)N(C)C)N(C)Cc1cn(C)nc1C(C)C.I. The maximum absolute atomic E-state index is 5.59. The number of hydrogen-bond donors (Lipinski definition) is 1. The molecule has 0 aliphatic carbocycles. The summed E-state index contributed by atoms with van der Waals surface area (Å²) < 4.78 is 7.48. The largest absolute Gasteiger partial charge is 0.468 e. The van der Waals surface area contributed by atoms with Gasteiger partial charge in [-0.25, -0.2) is 0 Å². The van der Waals surface area contributed by atoms with Gasteiger partial charge in [-0.3, -0.25) is 14.6 Å². The molecule has 7 nitrogen and oxygen atoms in total. The van der Waals surface area contributed by atoms with Crippen LogP contribution in [-0.2, 0) is 13.6 Å². The zero-order valence-electron chi connectivity index (χ0n) is 18.1. The molecule has 0 spiro atoms. The number of aromatic nitrogens is 2. The van der Waals surface area contributed by atoms with Crippen molar-refractivity contribution in [3.05, 3.63) is 41.6 Å². The molecule has 1 unspecified atom stereocenters. The normalized spacial score (nSPS) is 13.0. The van der Waals surface area contributed by atoms with Crippen molar-refractivity contribution in [3.8, 4) is 0 Å². The van der Waals surface area contributed by atoms with Gasteiger partial charge in [0, 0.05) is 38.9 Å². The molecule has 0 amide bonds. The number of guanidine groups is 1. The zero-order chi connectivity index (χ0) is 20.0. The van der Waals surface area contributed by atoms with Gasteiger partial charge in [-0.1, -0.05) is 13.8 Å². The lowest BCUT2D eigenvalue weighted by atomic mass is 10.1. The predicted molar refractivity (Wildman–Crippen MR) is 125 cm³/mol. The standard InChI is InChI=1S/C20H34N6O.HI/c1-8-21-20(22-12-17(24(4)5)18-10-9-11-27-18)25(6)13-16-14-26(7)23-19(16)15(2)3;/h9-11,14-15,17H,8,12-13H2,1-7H3,(H,21,22);1H. The van der Waals surface area contributed by atoms with Crippen LogP contribution in [-0.4, -0.2) is 59.8 Å². The highest BCUT2D eigenvalue weighted by molar-refractivity contribution is 14.0. The summed E-state index contributed by atoms with van der Waals surface area (Å²) in [6.45, 7) is 8.65. The Morgan fingerprint density at radius 3 is 2.57 bits per heavy atom. The van der Waals surface area contributed by atoms with Crippen LogP contribution in [0, 0.1) is 0 Å². The van der Waals surface area contributed by atoms with E-state index in [9.17, 15) is 0 Å². The Morgan fingerprint density at radius 2 is 2.04 bits per heavy atom. The van der Waals surface area contributed by atoms with E-state index in [1.54, 1.807) is 6.26 Å². The van der Waals surface area contributed by atoms with Crippen molar-refractivity contribution < 1.29 is 4.42 Å². The van der Waals surface area contributed by atoms with E-state index in [1.807, 2.05) is 38.0 Å². The van der Waals surface area contributed by atoms with Crippen molar-refractivity contribution in [1.82, 2.24) is 24.9 Å². The van der Waals surface area contributed by atoms with E-state index in [2.05, 4.69) is 54.2 Å². The third kappa shape index (κ3) is 6.51. The van der Waals surface area contributed by atoms with Crippen molar-refractivity contribution in [1.29, 1.82) is 0 Å². The van der Waals surface area contributed by atoms with Crippen LogP contribution in [0.3, 0.4) is 0 Å². The fourth-order valence-electron chi connectivity index (χ4n) is 3.12. The molecule has 2 aromatic rings. The van der Waals surface area contributed by atoms with E-state index in [4.69, 9.17) is 9.41 Å². The summed E-state index contributed by atoms with van der Waals surface area (Å²) in [6, 6.07) is 4.02. The van der Waals surface area contributed by atoms with Gasteiger partial charge < -0.3 is 14.6 Å². The number of nitrogens with zero attached hydrogens (tertiary/aromatic N) is 5. The smallest absolute Gasteiger partial charge is 0.194 e. The first-order valence-corrected chi connectivity index (χ1v) is 9.55. The van der Waals surface area contributed by atoms with Gasteiger partial charge in [0.1, 0.15) is 5.76 Å². The molecule has 158 valence electrons. The molecule has 0 saturated heterocycles. The molecule has 0 aliphatic rings. The second kappa shape index (κ2) is 11.5. The second-order valence-electron chi connectivity index (χ2n) is 7.41. The van der Waals surface area contributed by atoms with Crippen LogP contribution in [0.1, 0.15) is 49.7 Å². The molecule has 8 heteroatoms.